The van der Waals surface area contributed by atoms with E-state index in [0.717, 1.165) is 25.8 Å². The molecule has 17 heavy (non-hydrogen) atoms. The molecule has 0 radical (unpaired) electrons. The smallest absolute Gasteiger partial charge is 0.293 e. The third-order valence-electron chi connectivity index (χ3n) is 2.68. The Bertz CT molecular complexity index is 359. The fraction of sp³-hybridized carbons (Fsp3) is 0.750. The van der Waals surface area contributed by atoms with Crippen molar-refractivity contribution in [2.45, 2.75) is 53.0 Å². The van der Waals surface area contributed by atoms with Crippen molar-refractivity contribution in [2.75, 3.05) is 6.54 Å². The fourth-order valence-electron chi connectivity index (χ4n) is 1.69. The van der Waals surface area contributed by atoms with Gasteiger partial charge in [-0.2, -0.15) is 0 Å². The van der Waals surface area contributed by atoms with Gasteiger partial charge in [-0.25, -0.2) is 4.98 Å². The number of H-pyrrole nitrogens is 1. The Morgan fingerprint density at radius 3 is 2.59 bits per heavy atom. The molecule has 96 valence electrons. The van der Waals surface area contributed by atoms with Crippen LogP contribution in [0.5, 0.6) is 0 Å². The Labute approximate surface area is 103 Å². The van der Waals surface area contributed by atoms with Crippen LogP contribution >= 0.6 is 0 Å². The average molecular weight is 238 g/mol. The number of aromatic amines is 1. The predicted octanol–water partition coefficient (Wildman–Crippen LogP) is 2.15. The molecule has 1 aromatic rings. The highest BCUT2D eigenvalue weighted by Gasteiger charge is 2.21. The number of nitrogens with zero attached hydrogens (tertiary/aromatic N) is 3. The second-order valence-electron chi connectivity index (χ2n) is 4.54. The van der Waals surface area contributed by atoms with Crippen LogP contribution in [0.1, 0.15) is 56.5 Å². The molecular formula is C12H22N4O. The minimum absolute atomic E-state index is 0.0829. The van der Waals surface area contributed by atoms with Gasteiger partial charge in [-0.1, -0.05) is 19.8 Å². The molecule has 0 aliphatic heterocycles. The number of amides is 1. The minimum atomic E-state index is -0.0829. The van der Waals surface area contributed by atoms with Gasteiger partial charge in [0.2, 0.25) is 5.82 Å². The van der Waals surface area contributed by atoms with Crippen LogP contribution in [0, 0.1) is 6.92 Å². The summed E-state index contributed by atoms with van der Waals surface area (Å²) in [5, 5.41) is 6.62. The van der Waals surface area contributed by atoms with Crippen molar-refractivity contribution in [1.29, 1.82) is 0 Å². The van der Waals surface area contributed by atoms with Gasteiger partial charge < -0.3 is 4.90 Å². The van der Waals surface area contributed by atoms with Gasteiger partial charge >= 0.3 is 0 Å². The molecule has 5 nitrogen and oxygen atoms in total. The van der Waals surface area contributed by atoms with E-state index in [1.54, 1.807) is 6.92 Å². The van der Waals surface area contributed by atoms with Crippen molar-refractivity contribution in [3.05, 3.63) is 11.6 Å². The van der Waals surface area contributed by atoms with Gasteiger partial charge in [0, 0.05) is 12.6 Å². The van der Waals surface area contributed by atoms with E-state index in [1.165, 1.54) is 0 Å². The summed E-state index contributed by atoms with van der Waals surface area (Å²) in [6.45, 7) is 8.76. The molecule has 0 aromatic carbocycles. The zero-order chi connectivity index (χ0) is 12.8. The fourth-order valence-corrected chi connectivity index (χ4v) is 1.69. The van der Waals surface area contributed by atoms with Gasteiger partial charge in [-0.3, -0.25) is 9.89 Å². The van der Waals surface area contributed by atoms with Gasteiger partial charge in [-0.15, -0.1) is 5.10 Å². The second-order valence-corrected chi connectivity index (χ2v) is 4.54. The molecule has 1 N–H and O–H groups in total. The molecule has 1 amide bonds. The summed E-state index contributed by atoms with van der Waals surface area (Å²) in [7, 11) is 0. The number of aryl methyl sites for hydroxylation is 1. The molecule has 0 unspecified atom stereocenters. The molecule has 0 atom stereocenters. The second kappa shape index (κ2) is 6.37. The summed E-state index contributed by atoms with van der Waals surface area (Å²) < 4.78 is 0. The lowest BCUT2D eigenvalue weighted by atomic mass is 10.2. The molecule has 0 bridgehead atoms. The molecule has 0 aliphatic carbocycles. The summed E-state index contributed by atoms with van der Waals surface area (Å²) in [6.07, 6.45) is 3.33. The lowest BCUT2D eigenvalue weighted by molar-refractivity contribution is 0.0690. The molecule has 0 spiro atoms. The summed E-state index contributed by atoms with van der Waals surface area (Å²) in [6, 6.07) is 0.179. The Balaban J connectivity index is 2.67. The maximum atomic E-state index is 12.2. The van der Waals surface area contributed by atoms with Crippen LogP contribution < -0.4 is 0 Å². The Morgan fingerprint density at radius 2 is 2.12 bits per heavy atom. The Morgan fingerprint density at radius 1 is 1.41 bits per heavy atom. The number of carbonyl (C=O) groups excluding carboxylic acids is 1. The normalized spacial score (nSPS) is 10.9. The van der Waals surface area contributed by atoms with Crippen LogP contribution in [-0.4, -0.2) is 38.6 Å². The van der Waals surface area contributed by atoms with Crippen molar-refractivity contribution >= 4 is 5.91 Å². The molecule has 1 rings (SSSR count). The maximum Gasteiger partial charge on any atom is 0.293 e. The first-order valence-corrected chi connectivity index (χ1v) is 6.26. The monoisotopic (exact) mass is 238 g/mol. The average Bonchev–Trinajstić information content (AvgIpc) is 2.70. The highest BCUT2D eigenvalue weighted by atomic mass is 16.2. The quantitative estimate of drug-likeness (QED) is 0.772. The van der Waals surface area contributed by atoms with E-state index in [4.69, 9.17) is 0 Å². The van der Waals surface area contributed by atoms with Crippen molar-refractivity contribution in [2.24, 2.45) is 0 Å². The Hall–Kier alpha value is -1.39. The molecular weight excluding hydrogens is 216 g/mol. The van der Waals surface area contributed by atoms with Crippen LogP contribution in [0.2, 0.25) is 0 Å². The molecule has 0 saturated carbocycles. The summed E-state index contributed by atoms with van der Waals surface area (Å²) in [4.78, 5) is 18.1. The topological polar surface area (TPSA) is 61.9 Å². The molecule has 1 aromatic heterocycles. The van der Waals surface area contributed by atoms with Crippen LogP contribution in [0.4, 0.5) is 0 Å². The zero-order valence-electron chi connectivity index (χ0n) is 11.2. The lowest BCUT2D eigenvalue weighted by Crippen LogP contribution is -2.38. The summed E-state index contributed by atoms with van der Waals surface area (Å²) >= 11 is 0. The van der Waals surface area contributed by atoms with E-state index in [9.17, 15) is 4.79 Å². The maximum absolute atomic E-state index is 12.2. The van der Waals surface area contributed by atoms with Crippen molar-refractivity contribution in [3.8, 4) is 0 Å². The van der Waals surface area contributed by atoms with Crippen molar-refractivity contribution in [1.82, 2.24) is 20.1 Å². The summed E-state index contributed by atoms with van der Waals surface area (Å²) in [5.41, 5.74) is 0. The number of carbonyl (C=O) groups is 1. The minimum Gasteiger partial charge on any atom is -0.333 e. The van der Waals surface area contributed by atoms with Crippen molar-refractivity contribution in [3.63, 3.8) is 0 Å². The van der Waals surface area contributed by atoms with E-state index < -0.39 is 0 Å². The molecule has 5 heteroatoms. The molecule has 0 aliphatic rings. The number of aromatic nitrogens is 3. The van der Waals surface area contributed by atoms with E-state index in [2.05, 4.69) is 22.1 Å². The van der Waals surface area contributed by atoms with Crippen LogP contribution in [0.15, 0.2) is 0 Å². The SMILES string of the molecule is CCCCCN(C(=O)c1n[nH]c(C)n1)C(C)C. The third-order valence-corrected chi connectivity index (χ3v) is 2.68. The first kappa shape index (κ1) is 13.7. The van der Waals surface area contributed by atoms with Crippen molar-refractivity contribution < 1.29 is 4.79 Å². The lowest BCUT2D eigenvalue weighted by Gasteiger charge is -2.25. The van der Waals surface area contributed by atoms with Gasteiger partial charge in [-0.05, 0) is 27.2 Å². The number of hydrogen-bond donors (Lipinski definition) is 1. The number of rotatable bonds is 6. The van der Waals surface area contributed by atoms with Gasteiger partial charge in [0.05, 0.1) is 0 Å². The molecule has 0 saturated heterocycles. The van der Waals surface area contributed by atoms with Crippen LogP contribution in [-0.2, 0) is 0 Å². The van der Waals surface area contributed by atoms with Crippen LogP contribution in [0.25, 0.3) is 0 Å². The standard InChI is InChI=1S/C12H22N4O/c1-5-6-7-8-16(9(2)3)12(17)11-13-10(4)14-15-11/h9H,5-8H2,1-4H3,(H,13,14,15). The van der Waals surface area contributed by atoms with Crippen LogP contribution in [0.3, 0.4) is 0 Å². The number of nitrogens with one attached hydrogen (secondary N) is 1. The first-order chi connectivity index (χ1) is 8.06. The third kappa shape index (κ3) is 3.84. The molecule has 0 fully saturated rings. The highest BCUT2D eigenvalue weighted by molar-refractivity contribution is 5.90. The zero-order valence-corrected chi connectivity index (χ0v) is 11.2. The Kier molecular flexibility index (Phi) is 5.12. The highest BCUT2D eigenvalue weighted by Crippen LogP contribution is 2.07. The van der Waals surface area contributed by atoms with E-state index >= 15 is 0 Å². The predicted molar refractivity (Wildman–Crippen MR) is 66.8 cm³/mol. The van der Waals surface area contributed by atoms with Gasteiger partial charge in [0.25, 0.3) is 5.91 Å². The van der Waals surface area contributed by atoms with E-state index in [1.807, 2.05) is 18.7 Å². The molecule has 1 heterocycles. The van der Waals surface area contributed by atoms with Gasteiger partial charge in [0.1, 0.15) is 5.82 Å². The summed E-state index contributed by atoms with van der Waals surface area (Å²) in [5.74, 6) is 0.860. The van der Waals surface area contributed by atoms with E-state index in [-0.39, 0.29) is 17.8 Å². The first-order valence-electron chi connectivity index (χ1n) is 6.26. The van der Waals surface area contributed by atoms with E-state index in [0.29, 0.717) is 5.82 Å². The van der Waals surface area contributed by atoms with Gasteiger partial charge in [0.15, 0.2) is 0 Å². The largest absolute Gasteiger partial charge is 0.333 e. The number of unbranched alkanes of at least 4 members (excludes halogenated alkanes) is 2. The number of hydrogen-bond acceptors (Lipinski definition) is 3.